The van der Waals surface area contributed by atoms with Crippen LogP contribution in [-0.4, -0.2) is 42.2 Å². The Labute approximate surface area is 72.3 Å². The van der Waals surface area contributed by atoms with Gasteiger partial charge in [-0.25, -0.2) is 0 Å². The highest BCUT2D eigenvalue weighted by Gasteiger charge is 2.24. The van der Waals surface area contributed by atoms with E-state index in [4.69, 9.17) is 10.8 Å². The summed E-state index contributed by atoms with van der Waals surface area (Å²) in [5.74, 6) is -0.411. The normalized spacial score (nSPS) is 27.3. The van der Waals surface area contributed by atoms with E-state index in [1.165, 1.54) is 0 Å². The zero-order valence-corrected chi connectivity index (χ0v) is 7.36. The fourth-order valence-corrected chi connectivity index (χ4v) is 1.68. The van der Waals surface area contributed by atoms with E-state index in [1.54, 1.807) is 0 Å². The van der Waals surface area contributed by atoms with Crippen molar-refractivity contribution in [2.24, 2.45) is 11.7 Å². The summed E-state index contributed by atoms with van der Waals surface area (Å²) in [6, 6.07) is -0.679. The summed E-state index contributed by atoms with van der Waals surface area (Å²) in [4.78, 5) is 12.6. The van der Waals surface area contributed by atoms with Crippen LogP contribution in [0.4, 0.5) is 0 Å². The molecule has 0 aromatic rings. The molecule has 2 unspecified atom stereocenters. The van der Waals surface area contributed by atoms with Gasteiger partial charge in [0.05, 0.1) is 0 Å². The third-order valence-electron chi connectivity index (χ3n) is 2.39. The lowest BCUT2D eigenvalue weighted by atomic mass is 10.00. The van der Waals surface area contributed by atoms with Crippen LogP contribution in [0, 0.1) is 5.92 Å². The van der Waals surface area contributed by atoms with Gasteiger partial charge in [-0.3, -0.25) is 4.79 Å². The van der Waals surface area contributed by atoms with Gasteiger partial charge in [0.15, 0.2) is 0 Å². The molecule has 4 nitrogen and oxygen atoms in total. The Kier molecular flexibility index (Phi) is 3.05. The standard InChI is InChI=1S/C8H16N2O2/c1-10-3-2-6(5-10)4-7(9)8(11)12/h6-7H,2-5,9H2,1H3,(H,11,12). The van der Waals surface area contributed by atoms with Gasteiger partial charge in [-0.05, 0) is 32.4 Å². The molecule has 0 aromatic carbocycles. The molecule has 0 amide bonds. The van der Waals surface area contributed by atoms with Crippen LogP contribution in [0.2, 0.25) is 0 Å². The van der Waals surface area contributed by atoms with Gasteiger partial charge in [0, 0.05) is 6.54 Å². The van der Waals surface area contributed by atoms with Crippen molar-refractivity contribution < 1.29 is 9.90 Å². The highest BCUT2D eigenvalue weighted by Crippen LogP contribution is 2.18. The summed E-state index contributed by atoms with van der Waals surface area (Å²) < 4.78 is 0. The number of rotatable bonds is 3. The fraction of sp³-hybridized carbons (Fsp3) is 0.875. The summed E-state index contributed by atoms with van der Waals surface area (Å²) >= 11 is 0. The van der Waals surface area contributed by atoms with Crippen LogP contribution in [0.15, 0.2) is 0 Å². The van der Waals surface area contributed by atoms with E-state index < -0.39 is 12.0 Å². The molecular weight excluding hydrogens is 156 g/mol. The lowest BCUT2D eigenvalue weighted by Gasteiger charge is -2.12. The predicted molar refractivity (Wildman–Crippen MR) is 45.8 cm³/mol. The van der Waals surface area contributed by atoms with Gasteiger partial charge >= 0.3 is 5.97 Å². The minimum Gasteiger partial charge on any atom is -0.480 e. The number of aliphatic carboxylic acids is 1. The molecule has 1 fully saturated rings. The smallest absolute Gasteiger partial charge is 0.320 e. The number of likely N-dealkylation sites (tertiary alicyclic amines) is 1. The van der Waals surface area contributed by atoms with Crippen molar-refractivity contribution in [2.45, 2.75) is 18.9 Å². The van der Waals surface area contributed by atoms with Crippen LogP contribution in [0.1, 0.15) is 12.8 Å². The van der Waals surface area contributed by atoms with Crippen molar-refractivity contribution >= 4 is 5.97 Å². The molecule has 1 saturated heterocycles. The number of hydrogen-bond acceptors (Lipinski definition) is 3. The second kappa shape index (κ2) is 3.87. The van der Waals surface area contributed by atoms with Gasteiger partial charge in [-0.1, -0.05) is 0 Å². The van der Waals surface area contributed by atoms with Crippen molar-refractivity contribution in [2.75, 3.05) is 20.1 Å². The van der Waals surface area contributed by atoms with Crippen molar-refractivity contribution in [1.82, 2.24) is 4.90 Å². The maximum atomic E-state index is 10.4. The van der Waals surface area contributed by atoms with Gasteiger partial charge in [0.1, 0.15) is 6.04 Å². The fourth-order valence-electron chi connectivity index (χ4n) is 1.68. The summed E-state index contributed by atoms with van der Waals surface area (Å²) in [5.41, 5.74) is 5.42. The number of carboxylic acid groups (broad SMARTS) is 1. The first-order chi connectivity index (χ1) is 5.59. The molecule has 1 aliphatic heterocycles. The van der Waals surface area contributed by atoms with Crippen molar-refractivity contribution in [3.05, 3.63) is 0 Å². The monoisotopic (exact) mass is 172 g/mol. The average Bonchev–Trinajstić information content (AvgIpc) is 2.35. The molecule has 0 aromatic heterocycles. The average molecular weight is 172 g/mol. The van der Waals surface area contributed by atoms with E-state index in [0.29, 0.717) is 12.3 Å². The van der Waals surface area contributed by atoms with Gasteiger partial charge in [-0.15, -0.1) is 0 Å². The summed E-state index contributed by atoms with van der Waals surface area (Å²) in [7, 11) is 2.05. The SMILES string of the molecule is CN1CCC(CC(N)C(=O)O)C1. The Balaban J connectivity index is 2.27. The molecule has 0 aliphatic carbocycles. The number of hydrogen-bond donors (Lipinski definition) is 2. The third-order valence-corrected chi connectivity index (χ3v) is 2.39. The van der Waals surface area contributed by atoms with Crippen molar-refractivity contribution in [3.8, 4) is 0 Å². The minimum absolute atomic E-state index is 0.473. The minimum atomic E-state index is -0.885. The Bertz CT molecular complexity index is 172. The molecule has 3 N–H and O–H groups in total. The van der Waals surface area contributed by atoms with Crippen LogP contribution in [0.3, 0.4) is 0 Å². The molecule has 0 radical (unpaired) electrons. The molecular formula is C8H16N2O2. The van der Waals surface area contributed by atoms with Gasteiger partial charge < -0.3 is 15.7 Å². The van der Waals surface area contributed by atoms with Gasteiger partial charge in [0.25, 0.3) is 0 Å². The molecule has 70 valence electrons. The summed E-state index contributed by atoms with van der Waals surface area (Å²) in [6.07, 6.45) is 1.69. The predicted octanol–water partition coefficient (Wildman–Crippen LogP) is -0.260. The van der Waals surface area contributed by atoms with E-state index in [9.17, 15) is 4.79 Å². The quantitative estimate of drug-likeness (QED) is 0.615. The van der Waals surface area contributed by atoms with Gasteiger partial charge in [-0.2, -0.15) is 0 Å². The van der Waals surface area contributed by atoms with E-state index in [0.717, 1.165) is 19.5 Å². The van der Waals surface area contributed by atoms with E-state index in [2.05, 4.69) is 4.90 Å². The maximum Gasteiger partial charge on any atom is 0.320 e. The lowest BCUT2D eigenvalue weighted by molar-refractivity contribution is -0.138. The molecule has 0 saturated carbocycles. The van der Waals surface area contributed by atoms with Crippen LogP contribution >= 0.6 is 0 Å². The summed E-state index contributed by atoms with van der Waals surface area (Å²) in [6.45, 7) is 2.05. The topological polar surface area (TPSA) is 66.6 Å². The Morgan fingerprint density at radius 2 is 2.50 bits per heavy atom. The van der Waals surface area contributed by atoms with Crippen molar-refractivity contribution in [1.29, 1.82) is 0 Å². The molecule has 1 rings (SSSR count). The number of carbonyl (C=O) groups is 1. The van der Waals surface area contributed by atoms with Crippen LogP contribution in [0.25, 0.3) is 0 Å². The summed E-state index contributed by atoms with van der Waals surface area (Å²) in [5, 5.41) is 8.57. The highest BCUT2D eigenvalue weighted by molar-refractivity contribution is 5.73. The largest absolute Gasteiger partial charge is 0.480 e. The zero-order chi connectivity index (χ0) is 9.14. The second-order valence-electron chi connectivity index (χ2n) is 3.60. The molecule has 12 heavy (non-hydrogen) atoms. The number of nitrogens with zero attached hydrogens (tertiary/aromatic N) is 1. The second-order valence-corrected chi connectivity index (χ2v) is 3.60. The maximum absolute atomic E-state index is 10.4. The lowest BCUT2D eigenvalue weighted by Crippen LogP contribution is -2.32. The van der Waals surface area contributed by atoms with Crippen LogP contribution in [-0.2, 0) is 4.79 Å². The van der Waals surface area contributed by atoms with Crippen LogP contribution < -0.4 is 5.73 Å². The Morgan fingerprint density at radius 1 is 1.83 bits per heavy atom. The molecule has 1 heterocycles. The highest BCUT2D eigenvalue weighted by atomic mass is 16.4. The number of nitrogens with two attached hydrogens (primary N) is 1. The van der Waals surface area contributed by atoms with Crippen LogP contribution in [0.5, 0.6) is 0 Å². The number of carboxylic acids is 1. The van der Waals surface area contributed by atoms with Crippen molar-refractivity contribution in [3.63, 3.8) is 0 Å². The van der Waals surface area contributed by atoms with Gasteiger partial charge in [0.2, 0.25) is 0 Å². The van der Waals surface area contributed by atoms with E-state index >= 15 is 0 Å². The zero-order valence-electron chi connectivity index (χ0n) is 7.36. The Hall–Kier alpha value is -0.610. The van der Waals surface area contributed by atoms with E-state index in [-0.39, 0.29) is 0 Å². The first-order valence-corrected chi connectivity index (χ1v) is 4.26. The third kappa shape index (κ3) is 2.46. The molecule has 2 atom stereocenters. The Morgan fingerprint density at radius 3 is 2.92 bits per heavy atom. The van der Waals surface area contributed by atoms with E-state index in [1.807, 2.05) is 7.05 Å². The molecule has 1 aliphatic rings. The first kappa shape index (κ1) is 9.48. The molecule has 4 heteroatoms. The molecule has 0 spiro atoms. The first-order valence-electron chi connectivity index (χ1n) is 4.26. The molecule has 0 bridgehead atoms.